The van der Waals surface area contributed by atoms with E-state index >= 15 is 0 Å². The van der Waals surface area contributed by atoms with Crippen molar-refractivity contribution in [2.45, 2.75) is 19.8 Å². The molecule has 4 nitrogen and oxygen atoms in total. The van der Waals surface area contributed by atoms with Crippen molar-refractivity contribution in [2.75, 3.05) is 19.0 Å². The van der Waals surface area contributed by atoms with Crippen LogP contribution in [0.4, 0.5) is 5.69 Å². The molecule has 1 rings (SSSR count). The molecule has 0 aliphatic rings. The summed E-state index contributed by atoms with van der Waals surface area (Å²) in [7, 11) is 1.74. The van der Waals surface area contributed by atoms with Gasteiger partial charge in [-0.15, -0.1) is 0 Å². The standard InChI is InChI=1S/C12H17NO3/c1-3-4-7-16-11-6-5-9(12(14)15)8-10(11)13-2/h5-6,8,13H,3-4,7H2,1-2H3,(H,14,15). The third-order valence-electron chi connectivity index (χ3n) is 2.25. The molecule has 0 aromatic heterocycles. The molecular formula is C12H17NO3. The van der Waals surface area contributed by atoms with Crippen molar-refractivity contribution in [2.24, 2.45) is 0 Å². The Labute approximate surface area is 95.2 Å². The normalized spacial score (nSPS) is 9.88. The van der Waals surface area contributed by atoms with Crippen LogP contribution in [0, 0.1) is 0 Å². The summed E-state index contributed by atoms with van der Waals surface area (Å²) in [5.41, 5.74) is 0.961. The molecule has 0 unspecified atom stereocenters. The van der Waals surface area contributed by atoms with E-state index in [9.17, 15) is 4.79 Å². The molecule has 0 amide bonds. The quantitative estimate of drug-likeness (QED) is 0.728. The second-order valence-electron chi connectivity index (χ2n) is 3.47. The first-order valence-electron chi connectivity index (χ1n) is 5.37. The van der Waals surface area contributed by atoms with Gasteiger partial charge in [-0.3, -0.25) is 0 Å². The zero-order valence-corrected chi connectivity index (χ0v) is 9.62. The van der Waals surface area contributed by atoms with Gasteiger partial charge in [-0.1, -0.05) is 13.3 Å². The number of benzene rings is 1. The van der Waals surface area contributed by atoms with Gasteiger partial charge in [0, 0.05) is 7.05 Å². The molecule has 88 valence electrons. The van der Waals surface area contributed by atoms with E-state index in [4.69, 9.17) is 9.84 Å². The van der Waals surface area contributed by atoms with Crippen molar-refractivity contribution >= 4 is 11.7 Å². The summed E-state index contributed by atoms with van der Waals surface area (Å²) in [6, 6.07) is 4.80. The Bertz CT molecular complexity index is 363. The third kappa shape index (κ3) is 3.15. The van der Waals surface area contributed by atoms with Crippen LogP contribution in [0.25, 0.3) is 0 Å². The maximum atomic E-state index is 10.8. The van der Waals surface area contributed by atoms with Crippen LogP contribution >= 0.6 is 0 Å². The molecule has 0 atom stereocenters. The molecule has 0 fully saturated rings. The zero-order chi connectivity index (χ0) is 12.0. The number of carboxylic acids is 1. The van der Waals surface area contributed by atoms with E-state index in [2.05, 4.69) is 12.2 Å². The number of hydrogen-bond acceptors (Lipinski definition) is 3. The van der Waals surface area contributed by atoms with E-state index in [1.54, 1.807) is 25.2 Å². The number of ether oxygens (including phenoxy) is 1. The molecular weight excluding hydrogens is 206 g/mol. The second kappa shape index (κ2) is 6.00. The lowest BCUT2D eigenvalue weighted by Gasteiger charge is -2.11. The van der Waals surface area contributed by atoms with Gasteiger partial charge in [0.15, 0.2) is 0 Å². The van der Waals surface area contributed by atoms with E-state index in [1.807, 2.05) is 0 Å². The summed E-state index contributed by atoms with van der Waals surface area (Å²) in [4.78, 5) is 10.8. The topological polar surface area (TPSA) is 58.6 Å². The minimum Gasteiger partial charge on any atom is -0.491 e. The van der Waals surface area contributed by atoms with Gasteiger partial charge in [0.05, 0.1) is 17.9 Å². The molecule has 0 spiro atoms. The summed E-state index contributed by atoms with van der Waals surface area (Å²) in [5.74, 6) is -0.238. The van der Waals surface area contributed by atoms with Gasteiger partial charge >= 0.3 is 5.97 Å². The first kappa shape index (κ1) is 12.4. The van der Waals surface area contributed by atoms with Crippen LogP contribution < -0.4 is 10.1 Å². The molecule has 0 bridgehead atoms. The average molecular weight is 223 g/mol. The Kier molecular flexibility index (Phi) is 4.64. The summed E-state index contributed by atoms with van der Waals surface area (Å²) >= 11 is 0. The predicted octanol–water partition coefficient (Wildman–Crippen LogP) is 2.61. The molecule has 0 saturated carbocycles. The van der Waals surface area contributed by atoms with E-state index in [-0.39, 0.29) is 5.56 Å². The number of rotatable bonds is 6. The Balaban J connectivity index is 2.80. The van der Waals surface area contributed by atoms with Crippen LogP contribution in [0.15, 0.2) is 18.2 Å². The van der Waals surface area contributed by atoms with Gasteiger partial charge in [0.25, 0.3) is 0 Å². The highest BCUT2D eigenvalue weighted by Crippen LogP contribution is 2.25. The Morgan fingerprint density at radius 3 is 2.81 bits per heavy atom. The molecule has 0 radical (unpaired) electrons. The third-order valence-corrected chi connectivity index (χ3v) is 2.25. The van der Waals surface area contributed by atoms with Crippen LogP contribution in [0.3, 0.4) is 0 Å². The molecule has 0 heterocycles. The molecule has 0 aliphatic heterocycles. The van der Waals surface area contributed by atoms with Crippen LogP contribution in [-0.4, -0.2) is 24.7 Å². The predicted molar refractivity (Wildman–Crippen MR) is 63.4 cm³/mol. The van der Waals surface area contributed by atoms with Crippen molar-refractivity contribution in [1.29, 1.82) is 0 Å². The summed E-state index contributed by atoms with van der Waals surface area (Å²) in [6.45, 7) is 2.74. The highest BCUT2D eigenvalue weighted by molar-refractivity contribution is 5.89. The fourth-order valence-electron chi connectivity index (χ4n) is 1.31. The average Bonchev–Trinajstić information content (AvgIpc) is 2.29. The fourth-order valence-corrected chi connectivity index (χ4v) is 1.31. The summed E-state index contributed by atoms with van der Waals surface area (Å²) in [6.07, 6.45) is 2.06. The van der Waals surface area contributed by atoms with Crippen molar-refractivity contribution in [3.8, 4) is 5.75 Å². The highest BCUT2D eigenvalue weighted by atomic mass is 16.5. The monoisotopic (exact) mass is 223 g/mol. The van der Waals surface area contributed by atoms with Gasteiger partial charge < -0.3 is 15.2 Å². The van der Waals surface area contributed by atoms with Gasteiger partial charge in [-0.2, -0.15) is 0 Å². The number of carbonyl (C=O) groups is 1. The van der Waals surface area contributed by atoms with Crippen molar-refractivity contribution in [1.82, 2.24) is 0 Å². The number of aromatic carboxylic acids is 1. The Morgan fingerprint density at radius 1 is 1.50 bits per heavy atom. The largest absolute Gasteiger partial charge is 0.491 e. The first-order chi connectivity index (χ1) is 7.69. The van der Waals surface area contributed by atoms with E-state index < -0.39 is 5.97 Å². The van der Waals surface area contributed by atoms with Crippen LogP contribution in [0.2, 0.25) is 0 Å². The summed E-state index contributed by atoms with van der Waals surface area (Å²) in [5, 5.41) is 11.8. The highest BCUT2D eigenvalue weighted by Gasteiger charge is 2.08. The van der Waals surface area contributed by atoms with E-state index in [1.165, 1.54) is 0 Å². The van der Waals surface area contributed by atoms with Crippen LogP contribution in [-0.2, 0) is 0 Å². The maximum absolute atomic E-state index is 10.8. The fraction of sp³-hybridized carbons (Fsp3) is 0.417. The van der Waals surface area contributed by atoms with Gasteiger partial charge in [0.2, 0.25) is 0 Å². The minimum absolute atomic E-state index is 0.257. The molecule has 0 aliphatic carbocycles. The van der Waals surface area contributed by atoms with Gasteiger partial charge in [-0.25, -0.2) is 4.79 Å². The number of unbranched alkanes of at least 4 members (excludes halogenated alkanes) is 1. The lowest BCUT2D eigenvalue weighted by Crippen LogP contribution is -2.03. The smallest absolute Gasteiger partial charge is 0.335 e. The van der Waals surface area contributed by atoms with Gasteiger partial charge in [0.1, 0.15) is 5.75 Å². The van der Waals surface area contributed by atoms with Crippen LogP contribution in [0.5, 0.6) is 5.75 Å². The van der Waals surface area contributed by atoms with Gasteiger partial charge in [-0.05, 0) is 24.6 Å². The molecule has 0 saturated heterocycles. The van der Waals surface area contributed by atoms with E-state index in [0.29, 0.717) is 18.0 Å². The number of hydrogen-bond donors (Lipinski definition) is 2. The molecule has 4 heteroatoms. The number of carboxylic acid groups (broad SMARTS) is 1. The van der Waals surface area contributed by atoms with Crippen molar-refractivity contribution < 1.29 is 14.6 Å². The molecule has 2 N–H and O–H groups in total. The van der Waals surface area contributed by atoms with Crippen molar-refractivity contribution in [3.05, 3.63) is 23.8 Å². The van der Waals surface area contributed by atoms with E-state index in [0.717, 1.165) is 12.8 Å². The zero-order valence-electron chi connectivity index (χ0n) is 9.62. The van der Waals surface area contributed by atoms with Crippen LogP contribution in [0.1, 0.15) is 30.1 Å². The summed E-state index contributed by atoms with van der Waals surface area (Å²) < 4.78 is 5.55. The second-order valence-corrected chi connectivity index (χ2v) is 3.47. The molecule has 1 aromatic carbocycles. The first-order valence-corrected chi connectivity index (χ1v) is 5.37. The molecule has 1 aromatic rings. The lowest BCUT2D eigenvalue weighted by molar-refractivity contribution is 0.0697. The minimum atomic E-state index is -0.934. The number of nitrogens with one attached hydrogen (secondary N) is 1. The SMILES string of the molecule is CCCCOc1ccc(C(=O)O)cc1NC. The molecule has 16 heavy (non-hydrogen) atoms. The number of anilines is 1. The van der Waals surface area contributed by atoms with Crippen molar-refractivity contribution in [3.63, 3.8) is 0 Å². The Morgan fingerprint density at radius 2 is 2.25 bits per heavy atom. The maximum Gasteiger partial charge on any atom is 0.335 e. The lowest BCUT2D eigenvalue weighted by atomic mass is 10.2. The Hall–Kier alpha value is -1.71.